The molecule has 0 radical (unpaired) electrons. The van der Waals surface area contributed by atoms with E-state index in [1.165, 1.54) is 0 Å². The Kier molecular flexibility index (Phi) is 5.41. The number of hydrogen-bond acceptors (Lipinski definition) is 3. The molecule has 0 unspecified atom stereocenters. The molecule has 0 atom stereocenters. The van der Waals surface area contributed by atoms with Gasteiger partial charge in [-0.3, -0.25) is 4.79 Å². The van der Waals surface area contributed by atoms with Crippen LogP contribution in [0, 0.1) is 0 Å². The highest BCUT2D eigenvalue weighted by Gasteiger charge is 2.12. The molecule has 6 heteroatoms. The number of aromatic nitrogens is 1. The van der Waals surface area contributed by atoms with E-state index in [1.54, 1.807) is 10.6 Å². The Labute approximate surface area is 123 Å². The zero-order chi connectivity index (χ0) is 13.0. The van der Waals surface area contributed by atoms with Crippen LogP contribution in [0.4, 0.5) is 0 Å². The van der Waals surface area contributed by atoms with Crippen LogP contribution in [0.25, 0.3) is 0 Å². The molecule has 4 nitrogen and oxygen atoms in total. The largest absolute Gasteiger partial charge is 0.381 e. The van der Waals surface area contributed by atoms with Crippen molar-refractivity contribution in [3.8, 4) is 0 Å². The summed E-state index contributed by atoms with van der Waals surface area (Å²) in [4.78, 5) is 11.9. The summed E-state index contributed by atoms with van der Waals surface area (Å²) in [5, 5.41) is 3.47. The molecule has 1 aromatic heterocycles. The van der Waals surface area contributed by atoms with Crippen molar-refractivity contribution in [1.29, 1.82) is 0 Å². The number of ether oxygens (including phenoxy) is 1. The lowest BCUT2D eigenvalue weighted by atomic mass is 10.1. The summed E-state index contributed by atoms with van der Waals surface area (Å²) in [6.45, 7) is 3.14. The van der Waals surface area contributed by atoms with Gasteiger partial charge in [0.25, 0.3) is 5.56 Å². The first-order valence-electron chi connectivity index (χ1n) is 6.03. The Bertz CT molecular complexity index is 456. The molecule has 0 bridgehead atoms. The highest BCUT2D eigenvalue weighted by atomic mass is 79.9. The van der Waals surface area contributed by atoms with E-state index in [1.807, 2.05) is 6.20 Å². The summed E-state index contributed by atoms with van der Waals surface area (Å²) in [6, 6.07) is 2.29. The number of halogens is 2. The first kappa shape index (κ1) is 14.2. The highest BCUT2D eigenvalue weighted by Crippen LogP contribution is 2.12. The molecule has 1 fully saturated rings. The molecule has 0 aliphatic carbocycles. The zero-order valence-electron chi connectivity index (χ0n) is 9.99. The third-order valence-corrected chi connectivity index (χ3v) is 4.02. The molecule has 100 valence electrons. The minimum atomic E-state index is 0.00646. The summed E-state index contributed by atoms with van der Waals surface area (Å²) in [5.74, 6) is 0. The smallest absolute Gasteiger partial charge is 0.264 e. The van der Waals surface area contributed by atoms with Crippen LogP contribution in [0.1, 0.15) is 12.8 Å². The molecule has 1 saturated heterocycles. The van der Waals surface area contributed by atoms with Crippen molar-refractivity contribution in [2.75, 3.05) is 19.8 Å². The van der Waals surface area contributed by atoms with Crippen molar-refractivity contribution >= 4 is 31.9 Å². The molecule has 2 rings (SSSR count). The number of hydrogen-bond donors (Lipinski definition) is 1. The minimum Gasteiger partial charge on any atom is -0.381 e. The molecule has 1 aliphatic heterocycles. The second kappa shape index (κ2) is 6.84. The Morgan fingerprint density at radius 3 is 2.83 bits per heavy atom. The number of rotatable bonds is 4. The quantitative estimate of drug-likeness (QED) is 0.871. The van der Waals surface area contributed by atoms with Crippen LogP contribution in [-0.4, -0.2) is 30.4 Å². The zero-order valence-corrected chi connectivity index (χ0v) is 13.2. The minimum absolute atomic E-state index is 0.00646. The first-order valence-corrected chi connectivity index (χ1v) is 7.62. The molecule has 18 heavy (non-hydrogen) atoms. The standard InChI is InChI=1S/C12H16Br2N2O2/c13-9-7-11(14)12(17)16(8-9)4-3-15-10-1-5-18-6-2-10/h7-8,10,15H,1-6H2. The first-order chi connectivity index (χ1) is 8.66. The van der Waals surface area contributed by atoms with Gasteiger partial charge in [0.05, 0.1) is 4.47 Å². The van der Waals surface area contributed by atoms with Gasteiger partial charge in [-0.15, -0.1) is 0 Å². The van der Waals surface area contributed by atoms with Gasteiger partial charge >= 0.3 is 0 Å². The molecule has 2 heterocycles. The van der Waals surface area contributed by atoms with Gasteiger partial charge in [-0.2, -0.15) is 0 Å². The maximum absolute atomic E-state index is 11.9. The monoisotopic (exact) mass is 378 g/mol. The fourth-order valence-corrected chi connectivity index (χ4v) is 3.28. The van der Waals surface area contributed by atoms with E-state index in [-0.39, 0.29) is 5.56 Å². The van der Waals surface area contributed by atoms with E-state index in [0.717, 1.165) is 37.1 Å². The topological polar surface area (TPSA) is 43.3 Å². The van der Waals surface area contributed by atoms with Crippen LogP contribution in [0.15, 0.2) is 26.0 Å². The summed E-state index contributed by atoms with van der Waals surface area (Å²) in [7, 11) is 0. The Morgan fingerprint density at radius 1 is 1.39 bits per heavy atom. The summed E-state index contributed by atoms with van der Waals surface area (Å²) < 4.78 is 8.50. The molecule has 0 amide bonds. The SMILES string of the molecule is O=c1c(Br)cc(Br)cn1CCNC1CCOCC1. The van der Waals surface area contributed by atoms with Gasteiger partial charge in [0.2, 0.25) is 0 Å². The summed E-state index contributed by atoms with van der Waals surface area (Å²) >= 11 is 6.65. The fraction of sp³-hybridized carbons (Fsp3) is 0.583. The third-order valence-electron chi connectivity index (χ3n) is 3.02. The van der Waals surface area contributed by atoms with Crippen LogP contribution in [0.3, 0.4) is 0 Å². The lowest BCUT2D eigenvalue weighted by molar-refractivity contribution is 0.0778. The van der Waals surface area contributed by atoms with Crippen LogP contribution < -0.4 is 10.9 Å². The van der Waals surface area contributed by atoms with E-state index in [9.17, 15) is 4.79 Å². The molecular formula is C12H16Br2N2O2. The van der Waals surface area contributed by atoms with Crippen molar-refractivity contribution in [3.63, 3.8) is 0 Å². The number of pyridine rings is 1. The van der Waals surface area contributed by atoms with E-state index in [0.29, 0.717) is 17.1 Å². The number of nitrogens with one attached hydrogen (secondary N) is 1. The Morgan fingerprint density at radius 2 is 2.11 bits per heavy atom. The second-order valence-corrected chi connectivity index (χ2v) is 6.12. The van der Waals surface area contributed by atoms with E-state index in [2.05, 4.69) is 37.2 Å². The average Bonchev–Trinajstić information content (AvgIpc) is 2.36. The van der Waals surface area contributed by atoms with Gasteiger partial charge in [0.1, 0.15) is 0 Å². The number of nitrogens with zero attached hydrogens (tertiary/aromatic N) is 1. The molecule has 1 N–H and O–H groups in total. The van der Waals surface area contributed by atoms with Crippen molar-refractivity contribution in [1.82, 2.24) is 9.88 Å². The van der Waals surface area contributed by atoms with Gasteiger partial charge in [-0.1, -0.05) is 0 Å². The van der Waals surface area contributed by atoms with Crippen molar-refractivity contribution in [3.05, 3.63) is 31.6 Å². The highest BCUT2D eigenvalue weighted by molar-refractivity contribution is 9.11. The maximum Gasteiger partial charge on any atom is 0.264 e. The lowest BCUT2D eigenvalue weighted by Crippen LogP contribution is -2.37. The molecule has 1 aliphatic rings. The van der Waals surface area contributed by atoms with Crippen LogP contribution in [0.2, 0.25) is 0 Å². The predicted molar refractivity (Wildman–Crippen MR) is 77.9 cm³/mol. The van der Waals surface area contributed by atoms with Gasteiger partial charge in [0, 0.05) is 43.0 Å². The molecule has 0 aromatic carbocycles. The van der Waals surface area contributed by atoms with E-state index in [4.69, 9.17) is 4.74 Å². The van der Waals surface area contributed by atoms with Crippen molar-refractivity contribution in [2.24, 2.45) is 0 Å². The van der Waals surface area contributed by atoms with Gasteiger partial charge in [-0.05, 0) is 50.8 Å². The normalized spacial score (nSPS) is 17.0. The van der Waals surface area contributed by atoms with Crippen LogP contribution >= 0.6 is 31.9 Å². The predicted octanol–water partition coefficient (Wildman–Crippen LogP) is 2.14. The lowest BCUT2D eigenvalue weighted by Gasteiger charge is -2.23. The van der Waals surface area contributed by atoms with Crippen LogP contribution in [0.5, 0.6) is 0 Å². The van der Waals surface area contributed by atoms with Crippen molar-refractivity contribution < 1.29 is 4.74 Å². The van der Waals surface area contributed by atoms with Gasteiger partial charge in [-0.25, -0.2) is 0 Å². The van der Waals surface area contributed by atoms with E-state index >= 15 is 0 Å². The van der Waals surface area contributed by atoms with Crippen LogP contribution in [-0.2, 0) is 11.3 Å². The Hall–Kier alpha value is -0.170. The summed E-state index contributed by atoms with van der Waals surface area (Å²) in [5.41, 5.74) is 0.00646. The van der Waals surface area contributed by atoms with Gasteiger partial charge in [0.15, 0.2) is 0 Å². The maximum atomic E-state index is 11.9. The summed E-state index contributed by atoms with van der Waals surface area (Å²) in [6.07, 6.45) is 3.92. The molecule has 0 spiro atoms. The van der Waals surface area contributed by atoms with Gasteiger partial charge < -0.3 is 14.6 Å². The van der Waals surface area contributed by atoms with E-state index < -0.39 is 0 Å². The molecule has 1 aromatic rings. The average molecular weight is 380 g/mol. The van der Waals surface area contributed by atoms with Crippen molar-refractivity contribution in [2.45, 2.75) is 25.4 Å². The molecule has 0 saturated carbocycles. The Balaban J connectivity index is 1.88. The second-order valence-electron chi connectivity index (χ2n) is 4.35. The fourth-order valence-electron chi connectivity index (χ4n) is 2.02. The third kappa shape index (κ3) is 3.91. The molecular weight excluding hydrogens is 364 g/mol.